The summed E-state index contributed by atoms with van der Waals surface area (Å²) in [6.45, 7) is -11.6. The minimum atomic E-state index is -6.04. The van der Waals surface area contributed by atoms with E-state index in [9.17, 15) is 39.0 Å². The summed E-state index contributed by atoms with van der Waals surface area (Å²) >= 11 is 0. The lowest BCUT2D eigenvalue weighted by atomic mass is 9.85. The highest BCUT2D eigenvalue weighted by Gasteiger charge is 2.70. The number of carbonyl (C=O) groups is 4. The molecule has 0 bridgehead atoms. The highest BCUT2D eigenvalue weighted by Crippen LogP contribution is 2.65. The number of fused-ring (bicyclic) bond motifs is 1. The third kappa shape index (κ3) is 5.23. The van der Waals surface area contributed by atoms with Crippen LogP contribution in [0.25, 0.3) is 0 Å². The van der Waals surface area contributed by atoms with E-state index in [0.717, 1.165) is 0 Å². The Morgan fingerprint density at radius 3 is 2.51 bits per heavy atom. The van der Waals surface area contributed by atoms with Crippen LogP contribution in [0.4, 0.5) is 13.2 Å². The Hall–Kier alpha value is -2.84. The summed E-state index contributed by atoms with van der Waals surface area (Å²) in [4.78, 5) is 52.6. The number of rotatable bonds is 6. The number of likely N-dealkylation sites (tertiary alicyclic amines) is 1. The van der Waals surface area contributed by atoms with E-state index in [0.29, 0.717) is 5.32 Å². The topological polar surface area (TPSA) is 131 Å². The van der Waals surface area contributed by atoms with Gasteiger partial charge in [0, 0.05) is 32.7 Å². The van der Waals surface area contributed by atoms with Crippen LogP contribution in [0.5, 0.6) is 0 Å². The molecule has 0 aromatic carbocycles. The molecule has 2 heterocycles. The van der Waals surface area contributed by atoms with Crippen molar-refractivity contribution in [2.75, 3.05) is 13.1 Å². The molecule has 0 aromatic rings. The molecule has 2 saturated heterocycles. The lowest BCUT2D eigenvalue weighted by molar-refractivity contribution is -0.176. The highest BCUT2D eigenvalue weighted by atomic mass is 19.4. The van der Waals surface area contributed by atoms with Gasteiger partial charge in [0.15, 0.2) is 0 Å². The number of halogens is 3. The minimum Gasteiger partial charge on any atom is -0.356 e. The summed E-state index contributed by atoms with van der Waals surface area (Å²) < 4.78 is 147. The first-order valence-electron chi connectivity index (χ1n) is 16.9. The van der Waals surface area contributed by atoms with Gasteiger partial charge in [-0.05, 0) is 35.5 Å². The fraction of sp³-hybridized carbons (Fsp3) is 0.783. The number of nitrogens with one attached hydrogen (secondary N) is 3. The molecule has 4 amide bonds. The quantitative estimate of drug-likeness (QED) is 0.491. The fourth-order valence-electron chi connectivity index (χ4n) is 4.43. The summed E-state index contributed by atoms with van der Waals surface area (Å²) in [5, 5.41) is 14.6. The van der Waals surface area contributed by atoms with Crippen LogP contribution < -0.4 is 16.0 Å². The van der Waals surface area contributed by atoms with Crippen LogP contribution in [0.2, 0.25) is 0 Å². The van der Waals surface area contributed by atoms with Crippen molar-refractivity contribution < 1.29 is 50.2 Å². The molecule has 1 unspecified atom stereocenters. The van der Waals surface area contributed by atoms with Gasteiger partial charge in [-0.3, -0.25) is 19.2 Å². The van der Waals surface area contributed by atoms with Crippen LogP contribution in [0, 0.1) is 39.9 Å². The number of hydrogen-bond acceptors (Lipinski definition) is 5. The van der Waals surface area contributed by atoms with Crippen molar-refractivity contribution in [1.29, 1.82) is 5.26 Å². The summed E-state index contributed by atoms with van der Waals surface area (Å²) in [7, 11) is 0. The Morgan fingerprint density at radius 2 is 2.00 bits per heavy atom. The second-order valence-corrected chi connectivity index (χ2v) is 9.11. The molecule has 9 nitrogen and oxygen atoms in total. The number of nitriles is 1. The Bertz CT molecular complexity index is 1410. The molecule has 3 rings (SSSR count). The van der Waals surface area contributed by atoms with Crippen LogP contribution in [0.3, 0.4) is 0 Å². The van der Waals surface area contributed by atoms with E-state index in [1.165, 1.54) is 19.9 Å². The van der Waals surface area contributed by atoms with Gasteiger partial charge in [-0.2, -0.15) is 18.4 Å². The van der Waals surface area contributed by atoms with Gasteiger partial charge >= 0.3 is 12.1 Å². The molecular formula is C23H32F3N5O4. The van der Waals surface area contributed by atoms with E-state index in [4.69, 9.17) is 16.4 Å². The molecule has 12 heteroatoms. The zero-order valence-electron chi connectivity index (χ0n) is 31.6. The van der Waals surface area contributed by atoms with Crippen LogP contribution >= 0.6 is 0 Å². The van der Waals surface area contributed by atoms with E-state index in [-0.39, 0.29) is 17.9 Å². The first kappa shape index (κ1) is 14.0. The Morgan fingerprint density at radius 1 is 1.34 bits per heavy atom. The largest absolute Gasteiger partial charge is 0.471 e. The van der Waals surface area contributed by atoms with E-state index >= 15 is 0 Å². The van der Waals surface area contributed by atoms with Crippen LogP contribution in [-0.2, 0) is 19.2 Å². The third-order valence-electron chi connectivity index (χ3n) is 6.40. The number of piperidine rings is 1. The second kappa shape index (κ2) is 8.99. The molecule has 3 aliphatic rings. The average Bonchev–Trinajstić information content (AvgIpc) is 3.09. The first-order chi connectivity index (χ1) is 21.2. The summed E-state index contributed by atoms with van der Waals surface area (Å²) in [6.07, 6.45) is -7.24. The van der Waals surface area contributed by atoms with Gasteiger partial charge < -0.3 is 20.9 Å². The average molecular weight is 513 g/mol. The molecule has 1 saturated carbocycles. The predicted octanol–water partition coefficient (Wildman–Crippen LogP) is 1.10. The Labute approximate surface area is 220 Å². The molecule has 194 valence electrons. The van der Waals surface area contributed by atoms with E-state index in [2.05, 4.69) is 5.32 Å². The lowest BCUT2D eigenvalue weighted by Gasteiger charge is -2.37. The van der Waals surface area contributed by atoms with Gasteiger partial charge in [0.1, 0.15) is 18.1 Å². The summed E-state index contributed by atoms with van der Waals surface area (Å²) in [5.41, 5.74) is -5.89. The minimum absolute atomic E-state index is 0.0200. The van der Waals surface area contributed by atoms with Gasteiger partial charge in [-0.25, -0.2) is 0 Å². The molecular weight excluding hydrogens is 467 g/mol. The molecule has 3 fully saturated rings. The first-order valence-corrected chi connectivity index (χ1v) is 10.4. The Balaban J connectivity index is 2.28. The second-order valence-electron chi connectivity index (χ2n) is 9.11. The molecule has 0 spiro atoms. The number of hydrogen-bond donors (Lipinski definition) is 3. The van der Waals surface area contributed by atoms with Crippen LogP contribution in [0.1, 0.15) is 65.1 Å². The normalized spacial score (nSPS) is 41.4. The van der Waals surface area contributed by atoms with Gasteiger partial charge in [0.05, 0.1) is 10.2 Å². The standard InChI is InChI=1S/C23H32F3N5O4/c1-21(2,3)16(30-20(35)23(24,25)26)19(34)31-10-13-14(22(13,4)5)15(31)18(33)29-12(9-27)8-11-6-7-28-17(11)32/h11-16H,6-8,10H2,1-5H3,(H,28,32)(H,29,33)(H,30,35)/t11-,12-,13-,14-,15-,16?/m0/s1/i1D3,2D3,3D3,11D,12D,15D,16D. The van der Waals surface area contributed by atoms with Gasteiger partial charge in [-0.15, -0.1) is 0 Å². The van der Waals surface area contributed by atoms with E-state index < -0.39 is 110 Å². The van der Waals surface area contributed by atoms with Crippen molar-refractivity contribution >= 4 is 23.6 Å². The maximum absolute atomic E-state index is 14.3. The van der Waals surface area contributed by atoms with Crippen molar-refractivity contribution in [1.82, 2.24) is 20.9 Å². The van der Waals surface area contributed by atoms with Crippen LogP contribution in [0.15, 0.2) is 0 Å². The smallest absolute Gasteiger partial charge is 0.356 e. The Kier molecular flexibility index (Phi) is 3.60. The maximum Gasteiger partial charge on any atom is 0.471 e. The predicted molar refractivity (Wildman–Crippen MR) is 117 cm³/mol. The zero-order valence-corrected chi connectivity index (χ0v) is 18.6. The number of amides is 4. The van der Waals surface area contributed by atoms with E-state index in [1.807, 2.05) is 5.32 Å². The van der Waals surface area contributed by atoms with Crippen molar-refractivity contribution in [3.8, 4) is 6.07 Å². The summed E-state index contributed by atoms with van der Waals surface area (Å²) in [5.74, 6) is -12.8. The number of alkyl halides is 3. The molecule has 2 aliphatic heterocycles. The number of carbonyl (C=O) groups excluding carboxylic acids is 4. The third-order valence-corrected chi connectivity index (χ3v) is 6.40. The molecule has 1 aliphatic carbocycles. The van der Waals surface area contributed by atoms with Gasteiger partial charge in [-0.1, -0.05) is 34.4 Å². The van der Waals surface area contributed by atoms with Crippen molar-refractivity contribution in [3.63, 3.8) is 0 Å². The van der Waals surface area contributed by atoms with Gasteiger partial charge in [0.2, 0.25) is 17.7 Å². The SMILES string of the molecule is [2H]C([2H])([2H])C(C([2H])([2H])[2H])(C([2H])([2H])[2H])C([2H])(NC(=O)C(F)(F)F)C(=O)N1C[C@H]2[C@H](C2(C)C)[C@@]1([2H])C(=O)N[C@]([2H])(C#N)C[C@]1([2H])CCNC1=O. The fourth-order valence-corrected chi connectivity index (χ4v) is 4.43. The highest BCUT2D eigenvalue weighted by molar-refractivity contribution is 5.95. The summed E-state index contributed by atoms with van der Waals surface area (Å²) in [6, 6.07) is -9.50. The zero-order chi connectivity index (χ0) is 37.7. The molecule has 6 atom stereocenters. The molecule has 35 heavy (non-hydrogen) atoms. The van der Waals surface area contributed by atoms with Crippen molar-refractivity contribution in [2.24, 2.45) is 28.6 Å². The molecule has 0 radical (unpaired) electrons. The van der Waals surface area contributed by atoms with Crippen molar-refractivity contribution in [3.05, 3.63) is 0 Å². The maximum atomic E-state index is 14.3. The monoisotopic (exact) mass is 512 g/mol. The lowest BCUT2D eigenvalue weighted by Crippen LogP contribution is -2.61. The van der Waals surface area contributed by atoms with E-state index in [1.54, 1.807) is 0 Å². The van der Waals surface area contributed by atoms with Gasteiger partial charge in [0.25, 0.3) is 0 Å². The van der Waals surface area contributed by atoms with Crippen LogP contribution in [-0.4, -0.2) is 65.8 Å². The van der Waals surface area contributed by atoms with Crippen molar-refractivity contribution in [2.45, 2.75) is 71.5 Å². The molecule has 0 aromatic heterocycles. The number of nitrogens with zero attached hydrogens (tertiary/aromatic N) is 2. The molecule has 3 N–H and O–H groups in total.